The fraction of sp³-hybridized carbons (Fsp3) is 0.130. The Morgan fingerprint density at radius 3 is 2.23 bits per heavy atom. The van der Waals surface area contributed by atoms with Crippen molar-refractivity contribution in [2.24, 2.45) is 5.73 Å². The van der Waals surface area contributed by atoms with E-state index in [1.54, 1.807) is 42.5 Å². The summed E-state index contributed by atoms with van der Waals surface area (Å²) in [6.45, 7) is 0.413. The molecule has 0 saturated carbocycles. The lowest BCUT2D eigenvalue weighted by Gasteiger charge is -2.19. The van der Waals surface area contributed by atoms with Crippen LogP contribution in [-0.4, -0.2) is 16.7 Å². The van der Waals surface area contributed by atoms with Crippen molar-refractivity contribution >= 4 is 23.2 Å². The normalized spacial score (nSPS) is 11.4. The number of nitro groups is 1. The fourth-order valence-electron chi connectivity index (χ4n) is 3.14. The maximum absolute atomic E-state index is 12.5. The maximum Gasteiger partial charge on any atom is 0.292 e. The summed E-state index contributed by atoms with van der Waals surface area (Å²) in [7, 11) is 0. The number of nitrogens with one attached hydrogen (secondary N) is 2. The highest BCUT2D eigenvalue weighted by Crippen LogP contribution is 2.30. The van der Waals surface area contributed by atoms with E-state index in [2.05, 4.69) is 10.6 Å². The molecule has 2 amide bonds. The Balaban J connectivity index is 1.84. The molecule has 0 fully saturated rings. The van der Waals surface area contributed by atoms with E-state index >= 15 is 0 Å². The van der Waals surface area contributed by atoms with Crippen LogP contribution in [0, 0.1) is 10.1 Å². The highest BCUT2D eigenvalue weighted by molar-refractivity contribution is 5.94. The molecule has 0 saturated heterocycles. The van der Waals surface area contributed by atoms with Crippen molar-refractivity contribution in [3.8, 4) is 0 Å². The van der Waals surface area contributed by atoms with Crippen LogP contribution < -0.4 is 16.4 Å². The number of rotatable bonds is 9. The Morgan fingerprint density at radius 2 is 1.61 bits per heavy atom. The second-order valence-electron chi connectivity index (χ2n) is 6.94. The number of amides is 2. The monoisotopic (exact) mass is 418 g/mol. The highest BCUT2D eigenvalue weighted by atomic mass is 16.6. The number of carbonyl (C=O) groups excluding carboxylic acids is 2. The molecule has 0 heterocycles. The molecule has 8 nitrogen and oxygen atoms in total. The van der Waals surface area contributed by atoms with Crippen LogP contribution in [0.2, 0.25) is 0 Å². The van der Waals surface area contributed by atoms with Crippen LogP contribution in [0.3, 0.4) is 0 Å². The summed E-state index contributed by atoms with van der Waals surface area (Å²) in [6, 6.07) is 21.7. The molecule has 0 aromatic heterocycles. The first-order valence-electron chi connectivity index (χ1n) is 9.64. The van der Waals surface area contributed by atoms with E-state index in [9.17, 15) is 19.7 Å². The quantitative estimate of drug-likeness (QED) is 0.362. The lowest BCUT2D eigenvalue weighted by atomic mass is 10.0. The van der Waals surface area contributed by atoms with Gasteiger partial charge in [-0.15, -0.1) is 0 Å². The minimum Gasteiger partial charge on any atom is -0.375 e. The van der Waals surface area contributed by atoms with Gasteiger partial charge in [0, 0.05) is 18.2 Å². The van der Waals surface area contributed by atoms with Crippen LogP contribution in [0.1, 0.15) is 33.9 Å². The average Bonchev–Trinajstić information content (AvgIpc) is 2.78. The highest BCUT2D eigenvalue weighted by Gasteiger charge is 2.22. The summed E-state index contributed by atoms with van der Waals surface area (Å²) < 4.78 is 0. The summed E-state index contributed by atoms with van der Waals surface area (Å²) in [5.74, 6) is -1.03. The van der Waals surface area contributed by atoms with E-state index in [4.69, 9.17) is 5.73 Å². The van der Waals surface area contributed by atoms with Gasteiger partial charge in [0.1, 0.15) is 5.69 Å². The number of hydrogen-bond acceptors (Lipinski definition) is 5. The van der Waals surface area contributed by atoms with Crippen molar-refractivity contribution < 1.29 is 14.5 Å². The molecule has 0 aliphatic carbocycles. The van der Waals surface area contributed by atoms with Crippen molar-refractivity contribution in [3.05, 3.63) is 106 Å². The van der Waals surface area contributed by atoms with Gasteiger partial charge in [-0.05, 0) is 29.3 Å². The fourth-order valence-corrected chi connectivity index (χ4v) is 3.14. The third-order valence-corrected chi connectivity index (χ3v) is 4.69. The lowest BCUT2D eigenvalue weighted by molar-refractivity contribution is -0.384. The van der Waals surface area contributed by atoms with Gasteiger partial charge in [-0.25, -0.2) is 0 Å². The van der Waals surface area contributed by atoms with Gasteiger partial charge >= 0.3 is 0 Å². The summed E-state index contributed by atoms with van der Waals surface area (Å²) in [5, 5.41) is 17.5. The standard InChI is InChI=1S/C23H22N4O4/c24-22(28)14-20(26-23(29)17-9-5-2-6-10-17)18-11-12-19(21(13-18)27(30)31)25-15-16-7-3-1-4-8-16/h1-13,20,25H,14-15H2,(H2,24,28)(H,26,29). The van der Waals surface area contributed by atoms with Crippen LogP contribution >= 0.6 is 0 Å². The van der Waals surface area contributed by atoms with Crippen LogP contribution in [0.4, 0.5) is 11.4 Å². The Labute approximate surface area is 179 Å². The molecule has 3 aromatic carbocycles. The number of primary amides is 1. The van der Waals surface area contributed by atoms with Crippen LogP contribution in [0.15, 0.2) is 78.9 Å². The minimum atomic E-state index is -0.799. The molecule has 158 valence electrons. The number of nitrogens with two attached hydrogens (primary N) is 1. The number of hydrogen-bond donors (Lipinski definition) is 3. The van der Waals surface area contributed by atoms with Gasteiger partial charge in [-0.1, -0.05) is 54.6 Å². The van der Waals surface area contributed by atoms with E-state index in [-0.39, 0.29) is 12.1 Å². The van der Waals surface area contributed by atoms with Gasteiger partial charge in [0.2, 0.25) is 5.91 Å². The van der Waals surface area contributed by atoms with Gasteiger partial charge in [0.15, 0.2) is 0 Å². The summed E-state index contributed by atoms with van der Waals surface area (Å²) in [6.07, 6.45) is -0.188. The van der Waals surface area contributed by atoms with Crippen LogP contribution in [-0.2, 0) is 11.3 Å². The predicted molar refractivity (Wildman–Crippen MR) is 117 cm³/mol. The number of anilines is 1. The minimum absolute atomic E-state index is 0.156. The van der Waals surface area contributed by atoms with Crippen molar-refractivity contribution in [1.29, 1.82) is 0 Å². The molecule has 4 N–H and O–H groups in total. The third kappa shape index (κ3) is 5.89. The first kappa shape index (κ1) is 21.5. The number of nitrogens with zero attached hydrogens (tertiary/aromatic N) is 1. The third-order valence-electron chi connectivity index (χ3n) is 4.69. The van der Waals surface area contributed by atoms with E-state index in [1.807, 2.05) is 30.3 Å². The molecule has 1 atom stereocenters. The molecule has 0 spiro atoms. The van der Waals surface area contributed by atoms with E-state index in [0.717, 1.165) is 5.56 Å². The summed E-state index contributed by atoms with van der Waals surface area (Å²) in [4.78, 5) is 35.3. The average molecular weight is 418 g/mol. The Morgan fingerprint density at radius 1 is 0.968 bits per heavy atom. The second kappa shape index (κ2) is 10.0. The Bertz CT molecular complexity index is 1070. The summed E-state index contributed by atoms with van der Waals surface area (Å²) in [5.41, 5.74) is 7.33. The molecule has 31 heavy (non-hydrogen) atoms. The zero-order chi connectivity index (χ0) is 22.2. The molecule has 8 heteroatoms. The SMILES string of the molecule is NC(=O)CC(NC(=O)c1ccccc1)c1ccc(NCc2ccccc2)c([N+](=O)[O-])c1. The van der Waals surface area contributed by atoms with Crippen LogP contribution in [0.5, 0.6) is 0 Å². The molecular formula is C23H22N4O4. The second-order valence-corrected chi connectivity index (χ2v) is 6.94. The van der Waals surface area contributed by atoms with Gasteiger partial charge in [0.25, 0.3) is 11.6 Å². The molecule has 0 aliphatic heterocycles. The van der Waals surface area contributed by atoms with Crippen molar-refractivity contribution in [2.75, 3.05) is 5.32 Å². The maximum atomic E-state index is 12.5. The topological polar surface area (TPSA) is 127 Å². The molecule has 3 aromatic rings. The predicted octanol–water partition coefficient (Wildman–Crippen LogP) is 3.55. The van der Waals surface area contributed by atoms with Crippen molar-refractivity contribution in [3.63, 3.8) is 0 Å². The zero-order valence-corrected chi connectivity index (χ0v) is 16.7. The van der Waals surface area contributed by atoms with Gasteiger partial charge < -0.3 is 16.4 Å². The Hall–Kier alpha value is -4.20. The molecular weight excluding hydrogens is 396 g/mol. The summed E-state index contributed by atoms with van der Waals surface area (Å²) >= 11 is 0. The molecule has 0 radical (unpaired) electrons. The smallest absolute Gasteiger partial charge is 0.292 e. The largest absolute Gasteiger partial charge is 0.375 e. The van der Waals surface area contributed by atoms with Crippen molar-refractivity contribution in [2.45, 2.75) is 19.0 Å². The lowest BCUT2D eigenvalue weighted by Crippen LogP contribution is -2.31. The molecule has 1 unspecified atom stereocenters. The number of carbonyl (C=O) groups is 2. The first-order valence-corrected chi connectivity index (χ1v) is 9.64. The van der Waals surface area contributed by atoms with Crippen LogP contribution in [0.25, 0.3) is 0 Å². The zero-order valence-electron chi connectivity index (χ0n) is 16.7. The van der Waals surface area contributed by atoms with Gasteiger partial charge in [-0.3, -0.25) is 19.7 Å². The van der Waals surface area contributed by atoms with Gasteiger partial charge in [-0.2, -0.15) is 0 Å². The number of nitro benzene ring substituents is 1. The van der Waals surface area contributed by atoms with Crippen molar-refractivity contribution in [1.82, 2.24) is 5.32 Å². The number of benzene rings is 3. The molecule has 0 bridgehead atoms. The van der Waals surface area contributed by atoms with E-state index in [0.29, 0.717) is 23.4 Å². The molecule has 0 aliphatic rings. The molecule has 3 rings (SSSR count). The van der Waals surface area contributed by atoms with E-state index < -0.39 is 22.8 Å². The first-order chi connectivity index (χ1) is 14.9. The van der Waals surface area contributed by atoms with Gasteiger partial charge in [0.05, 0.1) is 17.4 Å². The van der Waals surface area contributed by atoms with E-state index in [1.165, 1.54) is 6.07 Å². The Kier molecular flexibility index (Phi) is 6.95.